The maximum absolute atomic E-state index is 12.9. The van der Waals surface area contributed by atoms with Crippen LogP contribution < -0.4 is 15.2 Å². The van der Waals surface area contributed by atoms with Crippen LogP contribution in [0.2, 0.25) is 0 Å². The number of amides is 1. The van der Waals surface area contributed by atoms with Crippen LogP contribution in [-0.4, -0.2) is 31.6 Å². The van der Waals surface area contributed by atoms with Gasteiger partial charge in [-0.3, -0.25) is 4.79 Å². The standard InChI is InChI=1S/C20H24N2O3/c1-24-16-9-10-19(25-2)17(13-16)18-4-3-11-22(18)20(23)12-14-5-7-15(21)8-6-14/h5-10,13,18H,3-4,11-12,21H2,1-2H3. The molecule has 0 spiro atoms. The number of rotatable bonds is 5. The Bertz CT molecular complexity index is 743. The van der Waals surface area contributed by atoms with Gasteiger partial charge in [-0.05, 0) is 48.7 Å². The molecule has 1 atom stereocenters. The van der Waals surface area contributed by atoms with Gasteiger partial charge in [0.2, 0.25) is 5.91 Å². The molecule has 0 radical (unpaired) electrons. The third-order valence-electron chi connectivity index (χ3n) is 4.70. The van der Waals surface area contributed by atoms with E-state index in [-0.39, 0.29) is 11.9 Å². The average Bonchev–Trinajstić information content (AvgIpc) is 3.12. The highest BCUT2D eigenvalue weighted by molar-refractivity contribution is 5.80. The maximum Gasteiger partial charge on any atom is 0.227 e. The van der Waals surface area contributed by atoms with Gasteiger partial charge in [0.05, 0.1) is 26.7 Å². The van der Waals surface area contributed by atoms with Gasteiger partial charge in [-0.1, -0.05) is 12.1 Å². The molecular formula is C20H24N2O3. The number of nitrogens with two attached hydrogens (primary N) is 1. The van der Waals surface area contributed by atoms with Gasteiger partial charge in [-0.15, -0.1) is 0 Å². The van der Waals surface area contributed by atoms with Crippen molar-refractivity contribution in [2.45, 2.75) is 25.3 Å². The molecule has 132 valence electrons. The van der Waals surface area contributed by atoms with Crippen molar-refractivity contribution in [3.63, 3.8) is 0 Å². The number of methoxy groups -OCH3 is 2. The van der Waals surface area contributed by atoms with E-state index in [0.29, 0.717) is 12.1 Å². The fraction of sp³-hybridized carbons (Fsp3) is 0.350. The number of benzene rings is 2. The third-order valence-corrected chi connectivity index (χ3v) is 4.70. The SMILES string of the molecule is COc1ccc(OC)c(C2CCCN2C(=O)Cc2ccc(N)cc2)c1. The van der Waals surface area contributed by atoms with E-state index in [1.165, 1.54) is 0 Å². The number of hydrogen-bond donors (Lipinski definition) is 1. The number of carbonyl (C=O) groups excluding carboxylic acids is 1. The van der Waals surface area contributed by atoms with Crippen LogP contribution in [0.15, 0.2) is 42.5 Å². The van der Waals surface area contributed by atoms with Gasteiger partial charge in [0, 0.05) is 17.8 Å². The molecule has 0 aromatic heterocycles. The molecule has 1 unspecified atom stereocenters. The highest BCUT2D eigenvalue weighted by atomic mass is 16.5. The monoisotopic (exact) mass is 340 g/mol. The highest BCUT2D eigenvalue weighted by Gasteiger charge is 2.32. The fourth-order valence-electron chi connectivity index (χ4n) is 3.40. The molecule has 1 saturated heterocycles. The number of ether oxygens (including phenoxy) is 2. The summed E-state index contributed by atoms with van der Waals surface area (Å²) in [7, 11) is 3.30. The minimum Gasteiger partial charge on any atom is -0.497 e. The second kappa shape index (κ2) is 7.47. The smallest absolute Gasteiger partial charge is 0.227 e. The number of anilines is 1. The summed E-state index contributed by atoms with van der Waals surface area (Å²) in [5.74, 6) is 1.68. The van der Waals surface area contributed by atoms with Crippen LogP contribution in [0, 0.1) is 0 Å². The van der Waals surface area contributed by atoms with Crippen molar-refractivity contribution < 1.29 is 14.3 Å². The lowest BCUT2D eigenvalue weighted by atomic mass is 10.0. The van der Waals surface area contributed by atoms with Gasteiger partial charge in [-0.25, -0.2) is 0 Å². The first-order valence-corrected chi connectivity index (χ1v) is 8.48. The fourth-order valence-corrected chi connectivity index (χ4v) is 3.40. The molecular weight excluding hydrogens is 316 g/mol. The lowest BCUT2D eigenvalue weighted by Crippen LogP contribution is -2.32. The van der Waals surface area contributed by atoms with E-state index in [1.807, 2.05) is 47.4 Å². The van der Waals surface area contributed by atoms with Crippen LogP contribution >= 0.6 is 0 Å². The van der Waals surface area contributed by atoms with Crippen molar-refractivity contribution in [2.75, 3.05) is 26.5 Å². The molecule has 5 heteroatoms. The quantitative estimate of drug-likeness (QED) is 0.849. The Hall–Kier alpha value is -2.69. The van der Waals surface area contributed by atoms with Crippen molar-refractivity contribution in [2.24, 2.45) is 0 Å². The number of carbonyl (C=O) groups is 1. The van der Waals surface area contributed by atoms with Crippen molar-refractivity contribution in [1.29, 1.82) is 0 Å². The Labute approximate surface area is 148 Å². The molecule has 0 aliphatic carbocycles. The molecule has 1 aliphatic rings. The second-order valence-electron chi connectivity index (χ2n) is 6.27. The molecule has 25 heavy (non-hydrogen) atoms. The molecule has 2 aromatic carbocycles. The van der Waals surface area contributed by atoms with Crippen molar-refractivity contribution in [3.8, 4) is 11.5 Å². The Morgan fingerprint density at radius 2 is 1.92 bits per heavy atom. The summed E-state index contributed by atoms with van der Waals surface area (Å²) in [5.41, 5.74) is 8.40. The second-order valence-corrected chi connectivity index (χ2v) is 6.27. The summed E-state index contributed by atoms with van der Waals surface area (Å²) in [6, 6.07) is 13.2. The van der Waals surface area contributed by atoms with E-state index in [2.05, 4.69) is 0 Å². The van der Waals surface area contributed by atoms with E-state index >= 15 is 0 Å². The van der Waals surface area contributed by atoms with Gasteiger partial charge in [0.1, 0.15) is 11.5 Å². The summed E-state index contributed by atoms with van der Waals surface area (Å²) >= 11 is 0. The molecule has 1 heterocycles. The van der Waals surface area contributed by atoms with Gasteiger partial charge < -0.3 is 20.1 Å². The molecule has 2 N–H and O–H groups in total. The lowest BCUT2D eigenvalue weighted by molar-refractivity contribution is -0.131. The zero-order valence-corrected chi connectivity index (χ0v) is 14.7. The number of likely N-dealkylation sites (tertiary alicyclic amines) is 1. The lowest BCUT2D eigenvalue weighted by Gasteiger charge is -2.27. The summed E-state index contributed by atoms with van der Waals surface area (Å²) < 4.78 is 10.9. The topological polar surface area (TPSA) is 64.8 Å². The molecule has 5 nitrogen and oxygen atoms in total. The van der Waals surface area contributed by atoms with E-state index in [9.17, 15) is 4.79 Å². The molecule has 1 amide bonds. The van der Waals surface area contributed by atoms with Crippen LogP contribution in [0.3, 0.4) is 0 Å². The number of nitrogen functional groups attached to an aromatic ring is 1. The molecule has 0 bridgehead atoms. The minimum absolute atomic E-state index is 0.0198. The summed E-state index contributed by atoms with van der Waals surface area (Å²) in [5, 5.41) is 0. The molecule has 1 aliphatic heterocycles. The summed E-state index contributed by atoms with van der Waals surface area (Å²) in [6.45, 7) is 0.763. The Balaban J connectivity index is 1.82. The van der Waals surface area contributed by atoms with Crippen molar-refractivity contribution >= 4 is 11.6 Å². The Kier molecular flexibility index (Phi) is 5.12. The first-order chi connectivity index (χ1) is 12.1. The van der Waals surface area contributed by atoms with Crippen LogP contribution in [0.4, 0.5) is 5.69 Å². The molecule has 3 rings (SSSR count). The normalized spacial score (nSPS) is 16.7. The zero-order chi connectivity index (χ0) is 17.8. The summed E-state index contributed by atoms with van der Waals surface area (Å²) in [4.78, 5) is 14.8. The summed E-state index contributed by atoms with van der Waals surface area (Å²) in [6.07, 6.45) is 2.29. The maximum atomic E-state index is 12.9. The van der Waals surface area contributed by atoms with Crippen molar-refractivity contribution in [1.82, 2.24) is 4.90 Å². The van der Waals surface area contributed by atoms with Crippen molar-refractivity contribution in [3.05, 3.63) is 53.6 Å². The first kappa shape index (κ1) is 17.1. The first-order valence-electron chi connectivity index (χ1n) is 8.48. The molecule has 2 aromatic rings. The Morgan fingerprint density at radius 3 is 2.60 bits per heavy atom. The Morgan fingerprint density at radius 1 is 1.16 bits per heavy atom. The van der Waals surface area contributed by atoms with Crippen LogP contribution in [0.25, 0.3) is 0 Å². The van der Waals surface area contributed by atoms with Crippen LogP contribution in [0.5, 0.6) is 11.5 Å². The zero-order valence-electron chi connectivity index (χ0n) is 14.7. The predicted octanol–water partition coefficient (Wildman–Crippen LogP) is 3.19. The van der Waals surface area contributed by atoms with E-state index < -0.39 is 0 Å². The van der Waals surface area contributed by atoms with E-state index in [0.717, 1.165) is 42.0 Å². The average molecular weight is 340 g/mol. The largest absolute Gasteiger partial charge is 0.497 e. The number of nitrogens with zero attached hydrogens (tertiary/aromatic N) is 1. The van der Waals surface area contributed by atoms with E-state index in [1.54, 1.807) is 14.2 Å². The third kappa shape index (κ3) is 3.71. The predicted molar refractivity (Wildman–Crippen MR) is 97.8 cm³/mol. The van der Waals surface area contributed by atoms with Gasteiger partial charge in [0.25, 0.3) is 0 Å². The van der Waals surface area contributed by atoms with Gasteiger partial charge in [0.15, 0.2) is 0 Å². The van der Waals surface area contributed by atoms with Gasteiger partial charge >= 0.3 is 0 Å². The molecule has 0 saturated carbocycles. The van der Waals surface area contributed by atoms with Gasteiger partial charge in [-0.2, -0.15) is 0 Å². The highest BCUT2D eigenvalue weighted by Crippen LogP contribution is 2.39. The number of hydrogen-bond acceptors (Lipinski definition) is 4. The van der Waals surface area contributed by atoms with Crippen LogP contribution in [-0.2, 0) is 11.2 Å². The van der Waals surface area contributed by atoms with E-state index in [4.69, 9.17) is 15.2 Å². The van der Waals surface area contributed by atoms with Crippen LogP contribution in [0.1, 0.15) is 30.0 Å². The minimum atomic E-state index is 0.0198. The molecule has 1 fully saturated rings.